The van der Waals surface area contributed by atoms with Crippen LogP contribution in [0.2, 0.25) is 0 Å². The Labute approximate surface area is 187 Å². The molecule has 0 spiro atoms. The van der Waals surface area contributed by atoms with Gasteiger partial charge in [-0.1, -0.05) is 48.5 Å². The molecule has 2 aliphatic heterocycles. The molecule has 2 aliphatic rings. The van der Waals surface area contributed by atoms with E-state index in [1.807, 2.05) is 79.4 Å². The van der Waals surface area contributed by atoms with E-state index in [2.05, 4.69) is 6.07 Å². The first-order valence-electron chi connectivity index (χ1n) is 10.7. The summed E-state index contributed by atoms with van der Waals surface area (Å²) in [6.45, 7) is 4.52. The fourth-order valence-electron chi connectivity index (χ4n) is 4.61. The van der Waals surface area contributed by atoms with Crippen molar-refractivity contribution in [1.29, 1.82) is 0 Å². The van der Waals surface area contributed by atoms with Crippen LogP contribution in [0.5, 0.6) is 5.75 Å². The number of carbonyl (C=O) groups is 2. The van der Waals surface area contributed by atoms with Crippen LogP contribution in [-0.2, 0) is 16.0 Å². The van der Waals surface area contributed by atoms with E-state index in [1.54, 1.807) is 7.11 Å². The molecule has 0 atom stereocenters. The molecule has 5 heteroatoms. The fourth-order valence-corrected chi connectivity index (χ4v) is 4.61. The van der Waals surface area contributed by atoms with Gasteiger partial charge in [0.1, 0.15) is 11.4 Å². The Kier molecular flexibility index (Phi) is 4.82. The zero-order chi connectivity index (χ0) is 22.4. The summed E-state index contributed by atoms with van der Waals surface area (Å²) in [5.74, 6) is -0.0645. The number of imide groups is 1. The van der Waals surface area contributed by atoms with Crippen LogP contribution in [0, 0.1) is 13.8 Å². The first-order valence-corrected chi connectivity index (χ1v) is 10.7. The second-order valence-corrected chi connectivity index (χ2v) is 8.19. The molecule has 0 bridgehead atoms. The van der Waals surface area contributed by atoms with Crippen molar-refractivity contribution in [2.75, 3.05) is 23.5 Å². The van der Waals surface area contributed by atoms with E-state index < -0.39 is 0 Å². The molecule has 0 saturated carbocycles. The lowest BCUT2D eigenvalue weighted by atomic mass is 10.0. The van der Waals surface area contributed by atoms with Crippen molar-refractivity contribution in [3.05, 3.63) is 94.7 Å². The summed E-state index contributed by atoms with van der Waals surface area (Å²) >= 11 is 0. The summed E-state index contributed by atoms with van der Waals surface area (Å²) in [5.41, 5.74) is 6.04. The van der Waals surface area contributed by atoms with Crippen molar-refractivity contribution in [3.63, 3.8) is 0 Å². The molecule has 3 aromatic rings. The third-order valence-electron chi connectivity index (χ3n) is 6.20. The maximum absolute atomic E-state index is 13.9. The minimum absolute atomic E-state index is 0.304. The second-order valence-electron chi connectivity index (χ2n) is 8.19. The van der Waals surface area contributed by atoms with E-state index in [0.29, 0.717) is 34.8 Å². The summed E-state index contributed by atoms with van der Waals surface area (Å²) < 4.78 is 5.57. The molecule has 2 heterocycles. The SMILES string of the molecule is COc1ccccc1C1=C(N2CCc3ccccc32)C(=O)N(c2cc(C)ccc2C)C1=O. The molecule has 0 saturated heterocycles. The maximum Gasteiger partial charge on any atom is 0.282 e. The number of ether oxygens (including phenoxy) is 1. The largest absolute Gasteiger partial charge is 0.496 e. The van der Waals surface area contributed by atoms with Gasteiger partial charge in [0.25, 0.3) is 11.8 Å². The summed E-state index contributed by atoms with van der Waals surface area (Å²) in [4.78, 5) is 31.1. The first-order chi connectivity index (χ1) is 15.5. The van der Waals surface area contributed by atoms with Crippen molar-refractivity contribution < 1.29 is 14.3 Å². The highest BCUT2D eigenvalue weighted by Crippen LogP contribution is 2.42. The van der Waals surface area contributed by atoms with Gasteiger partial charge in [-0.2, -0.15) is 0 Å². The Bertz CT molecular complexity index is 1290. The quantitative estimate of drug-likeness (QED) is 0.572. The number of benzene rings is 3. The molecule has 5 nitrogen and oxygen atoms in total. The van der Waals surface area contributed by atoms with E-state index in [9.17, 15) is 9.59 Å². The lowest BCUT2D eigenvalue weighted by molar-refractivity contribution is -0.120. The highest BCUT2D eigenvalue weighted by molar-refractivity contribution is 6.46. The average Bonchev–Trinajstić information content (AvgIpc) is 3.33. The number of para-hydroxylation sites is 2. The van der Waals surface area contributed by atoms with E-state index in [0.717, 1.165) is 23.2 Å². The number of methoxy groups -OCH3 is 1. The number of hydrogen-bond acceptors (Lipinski definition) is 4. The number of nitrogens with zero attached hydrogens (tertiary/aromatic N) is 2. The lowest BCUT2D eigenvalue weighted by Gasteiger charge is -2.22. The predicted octanol–water partition coefficient (Wildman–Crippen LogP) is 4.66. The molecule has 5 rings (SSSR count). The van der Waals surface area contributed by atoms with Crippen LogP contribution in [0.1, 0.15) is 22.3 Å². The molecular formula is C27H24N2O3. The number of carbonyl (C=O) groups excluding carboxylic acids is 2. The van der Waals surface area contributed by atoms with Gasteiger partial charge >= 0.3 is 0 Å². The van der Waals surface area contributed by atoms with Crippen LogP contribution in [0.25, 0.3) is 5.57 Å². The molecule has 0 radical (unpaired) electrons. The standard InChI is InChI=1S/C27H24N2O3/c1-17-12-13-18(2)22(16-17)29-26(30)24(20-9-5-7-11-23(20)32-3)25(27(29)31)28-15-14-19-8-4-6-10-21(19)28/h4-13,16H,14-15H2,1-3H3. The van der Waals surface area contributed by atoms with Gasteiger partial charge in [-0.15, -0.1) is 0 Å². The molecule has 0 N–H and O–H groups in total. The van der Waals surface area contributed by atoms with Crippen molar-refractivity contribution in [1.82, 2.24) is 0 Å². The minimum atomic E-state index is -0.326. The zero-order valence-corrected chi connectivity index (χ0v) is 18.4. The third-order valence-corrected chi connectivity index (χ3v) is 6.20. The van der Waals surface area contributed by atoms with Crippen molar-refractivity contribution in [3.8, 4) is 5.75 Å². The molecule has 0 aromatic heterocycles. The summed E-state index contributed by atoms with van der Waals surface area (Å²) in [6, 6.07) is 21.2. The highest BCUT2D eigenvalue weighted by atomic mass is 16.5. The topological polar surface area (TPSA) is 49.9 Å². The smallest absolute Gasteiger partial charge is 0.282 e. The van der Waals surface area contributed by atoms with Crippen LogP contribution in [0.4, 0.5) is 11.4 Å². The van der Waals surface area contributed by atoms with Crippen molar-refractivity contribution >= 4 is 28.8 Å². The number of fused-ring (bicyclic) bond motifs is 1. The number of anilines is 2. The Hall–Kier alpha value is -3.86. The highest BCUT2D eigenvalue weighted by Gasteiger charge is 2.45. The molecular weight excluding hydrogens is 400 g/mol. The molecule has 32 heavy (non-hydrogen) atoms. The second kappa shape index (κ2) is 7.68. The number of aryl methyl sites for hydroxylation is 2. The molecule has 3 aromatic carbocycles. The third kappa shape index (κ3) is 3.01. The molecule has 0 unspecified atom stereocenters. The average molecular weight is 425 g/mol. The van der Waals surface area contributed by atoms with Gasteiger partial charge in [-0.05, 0) is 55.2 Å². The van der Waals surface area contributed by atoms with E-state index in [1.165, 1.54) is 10.5 Å². The summed E-state index contributed by atoms with van der Waals surface area (Å²) in [6.07, 6.45) is 0.823. The van der Waals surface area contributed by atoms with Gasteiger partial charge in [-0.3, -0.25) is 9.59 Å². The predicted molar refractivity (Wildman–Crippen MR) is 126 cm³/mol. The summed E-state index contributed by atoms with van der Waals surface area (Å²) in [5, 5.41) is 0. The van der Waals surface area contributed by atoms with Gasteiger partial charge in [-0.25, -0.2) is 4.90 Å². The van der Waals surface area contributed by atoms with Crippen LogP contribution >= 0.6 is 0 Å². The van der Waals surface area contributed by atoms with Crippen LogP contribution < -0.4 is 14.5 Å². The van der Waals surface area contributed by atoms with E-state index in [4.69, 9.17) is 4.74 Å². The Morgan fingerprint density at radius 2 is 1.59 bits per heavy atom. The van der Waals surface area contributed by atoms with E-state index in [-0.39, 0.29) is 11.8 Å². The fraction of sp³-hybridized carbons (Fsp3) is 0.185. The van der Waals surface area contributed by atoms with Crippen LogP contribution in [0.3, 0.4) is 0 Å². The van der Waals surface area contributed by atoms with Crippen molar-refractivity contribution in [2.45, 2.75) is 20.3 Å². The normalized spacial score (nSPS) is 15.6. The van der Waals surface area contributed by atoms with Crippen molar-refractivity contribution in [2.24, 2.45) is 0 Å². The van der Waals surface area contributed by atoms with Gasteiger partial charge in [0, 0.05) is 17.8 Å². The molecule has 160 valence electrons. The van der Waals surface area contributed by atoms with E-state index >= 15 is 0 Å². The Morgan fingerprint density at radius 1 is 0.844 bits per heavy atom. The maximum atomic E-state index is 13.9. The molecule has 0 aliphatic carbocycles. The van der Waals surface area contributed by atoms with Gasteiger partial charge in [0.15, 0.2) is 0 Å². The monoisotopic (exact) mass is 424 g/mol. The van der Waals surface area contributed by atoms with Crippen LogP contribution in [0.15, 0.2) is 72.4 Å². The first kappa shape index (κ1) is 20.1. The van der Waals surface area contributed by atoms with Crippen LogP contribution in [-0.4, -0.2) is 25.5 Å². The summed E-state index contributed by atoms with van der Waals surface area (Å²) in [7, 11) is 1.58. The van der Waals surface area contributed by atoms with Gasteiger partial charge in [0.05, 0.1) is 18.4 Å². The van der Waals surface area contributed by atoms with Gasteiger partial charge < -0.3 is 9.64 Å². The number of hydrogen-bond donors (Lipinski definition) is 0. The lowest BCUT2D eigenvalue weighted by Crippen LogP contribution is -2.35. The minimum Gasteiger partial charge on any atom is -0.496 e. The molecule has 2 amide bonds. The number of rotatable bonds is 4. The van der Waals surface area contributed by atoms with Gasteiger partial charge in [0.2, 0.25) is 0 Å². The Morgan fingerprint density at radius 3 is 2.41 bits per heavy atom. The Balaban J connectivity index is 1.74. The zero-order valence-electron chi connectivity index (χ0n) is 18.4. The molecule has 0 fully saturated rings. The number of amides is 2.